The van der Waals surface area contributed by atoms with Crippen molar-refractivity contribution in [1.29, 1.82) is 0 Å². The lowest BCUT2D eigenvalue weighted by Crippen LogP contribution is -2.08. The van der Waals surface area contributed by atoms with Gasteiger partial charge in [-0.05, 0) is 38.5 Å². The van der Waals surface area contributed by atoms with E-state index >= 15 is 0 Å². The van der Waals surface area contributed by atoms with E-state index in [9.17, 15) is 5.11 Å². The summed E-state index contributed by atoms with van der Waals surface area (Å²) in [5.41, 5.74) is 0. The SMILES string of the molecule is CCCCCCC=CCCCCCCCC(O)CCO. The molecule has 0 aromatic heterocycles. The maximum atomic E-state index is 9.46. The molecule has 2 nitrogen and oxygen atoms in total. The number of hydrogen-bond acceptors (Lipinski definition) is 2. The third kappa shape index (κ3) is 15.7. The molecule has 2 heteroatoms. The first-order valence-electron chi connectivity index (χ1n) is 8.75. The van der Waals surface area contributed by atoms with E-state index in [4.69, 9.17) is 5.11 Å². The minimum absolute atomic E-state index is 0.103. The fourth-order valence-corrected chi connectivity index (χ4v) is 2.39. The summed E-state index contributed by atoms with van der Waals surface area (Å²) in [6, 6.07) is 0. The molecule has 0 amide bonds. The van der Waals surface area contributed by atoms with Crippen LogP contribution >= 0.6 is 0 Å². The average molecular weight is 284 g/mol. The normalized spacial score (nSPS) is 13.2. The lowest BCUT2D eigenvalue weighted by molar-refractivity contribution is 0.122. The van der Waals surface area contributed by atoms with E-state index in [1.165, 1.54) is 64.2 Å². The minimum Gasteiger partial charge on any atom is -0.396 e. The Balaban J connectivity index is 3.10. The van der Waals surface area contributed by atoms with Crippen molar-refractivity contribution in [2.75, 3.05) is 6.61 Å². The highest BCUT2D eigenvalue weighted by Crippen LogP contribution is 2.10. The van der Waals surface area contributed by atoms with Gasteiger partial charge in [-0.3, -0.25) is 0 Å². The molecular weight excluding hydrogens is 248 g/mol. The summed E-state index contributed by atoms with van der Waals surface area (Å²) in [4.78, 5) is 0. The van der Waals surface area contributed by atoms with E-state index < -0.39 is 0 Å². The van der Waals surface area contributed by atoms with Crippen molar-refractivity contribution in [3.63, 3.8) is 0 Å². The molecule has 0 saturated heterocycles. The van der Waals surface area contributed by atoms with Crippen LogP contribution < -0.4 is 0 Å². The minimum atomic E-state index is -0.296. The van der Waals surface area contributed by atoms with E-state index in [-0.39, 0.29) is 12.7 Å². The Morgan fingerprint density at radius 3 is 1.90 bits per heavy atom. The van der Waals surface area contributed by atoms with Gasteiger partial charge >= 0.3 is 0 Å². The molecule has 0 saturated carbocycles. The summed E-state index contributed by atoms with van der Waals surface area (Å²) in [6.45, 7) is 2.36. The molecule has 0 aromatic carbocycles. The molecule has 0 radical (unpaired) electrons. The molecule has 0 spiro atoms. The number of aliphatic hydroxyl groups is 2. The fourth-order valence-electron chi connectivity index (χ4n) is 2.39. The quantitative estimate of drug-likeness (QED) is 0.328. The predicted octanol–water partition coefficient (Wildman–Crippen LogP) is 4.99. The van der Waals surface area contributed by atoms with Gasteiger partial charge in [-0.2, -0.15) is 0 Å². The highest BCUT2D eigenvalue weighted by molar-refractivity contribution is 4.81. The van der Waals surface area contributed by atoms with E-state index in [0.717, 1.165) is 12.8 Å². The number of unbranched alkanes of at least 4 members (excludes halogenated alkanes) is 9. The van der Waals surface area contributed by atoms with Crippen LogP contribution in [0, 0.1) is 0 Å². The standard InChI is InChI=1S/C18H36O2/c1-2-3-4-5-6-7-8-9-10-11-12-13-14-15-18(20)16-17-19/h7-8,18-20H,2-6,9-17H2,1H3. The Labute approximate surface area is 126 Å². The maximum Gasteiger partial charge on any atom is 0.0562 e. The van der Waals surface area contributed by atoms with Gasteiger partial charge in [0.2, 0.25) is 0 Å². The van der Waals surface area contributed by atoms with Crippen LogP contribution in [0.15, 0.2) is 12.2 Å². The lowest BCUT2D eigenvalue weighted by Gasteiger charge is -2.07. The van der Waals surface area contributed by atoms with Crippen LogP contribution in [-0.4, -0.2) is 22.9 Å². The fraction of sp³-hybridized carbons (Fsp3) is 0.889. The average Bonchev–Trinajstić information content (AvgIpc) is 2.44. The third-order valence-corrected chi connectivity index (χ3v) is 3.76. The van der Waals surface area contributed by atoms with Crippen LogP contribution in [0.5, 0.6) is 0 Å². The van der Waals surface area contributed by atoms with E-state index in [1.54, 1.807) is 0 Å². The Morgan fingerprint density at radius 1 is 0.750 bits per heavy atom. The van der Waals surface area contributed by atoms with Crippen LogP contribution in [0.3, 0.4) is 0 Å². The van der Waals surface area contributed by atoms with Gasteiger partial charge in [-0.1, -0.05) is 64.0 Å². The second-order valence-electron chi connectivity index (χ2n) is 5.83. The van der Waals surface area contributed by atoms with Crippen LogP contribution in [-0.2, 0) is 0 Å². The Kier molecular flexibility index (Phi) is 16.4. The summed E-state index contributed by atoms with van der Waals surface area (Å²) in [7, 11) is 0. The van der Waals surface area contributed by atoms with Crippen molar-refractivity contribution in [2.45, 2.75) is 96.5 Å². The molecule has 2 N–H and O–H groups in total. The first-order valence-corrected chi connectivity index (χ1v) is 8.75. The second-order valence-corrected chi connectivity index (χ2v) is 5.83. The van der Waals surface area contributed by atoms with Crippen molar-refractivity contribution in [1.82, 2.24) is 0 Å². The summed E-state index contributed by atoms with van der Waals surface area (Å²) >= 11 is 0. The molecule has 0 heterocycles. The molecule has 0 aliphatic heterocycles. The number of rotatable bonds is 15. The molecule has 20 heavy (non-hydrogen) atoms. The zero-order chi connectivity index (χ0) is 14.9. The molecule has 0 aliphatic rings. The summed E-state index contributed by atoms with van der Waals surface area (Å²) in [5, 5.41) is 18.1. The molecule has 1 unspecified atom stereocenters. The zero-order valence-electron chi connectivity index (χ0n) is 13.5. The highest BCUT2D eigenvalue weighted by atomic mass is 16.3. The van der Waals surface area contributed by atoms with E-state index in [1.807, 2.05) is 0 Å². The molecule has 1 atom stereocenters. The summed E-state index contributed by atoms with van der Waals surface area (Å²) < 4.78 is 0. The van der Waals surface area contributed by atoms with Crippen molar-refractivity contribution < 1.29 is 10.2 Å². The second kappa shape index (κ2) is 16.7. The number of allylic oxidation sites excluding steroid dienone is 2. The number of hydrogen-bond donors (Lipinski definition) is 2. The van der Waals surface area contributed by atoms with Crippen LogP contribution in [0.25, 0.3) is 0 Å². The van der Waals surface area contributed by atoms with E-state index in [0.29, 0.717) is 6.42 Å². The van der Waals surface area contributed by atoms with Gasteiger partial charge in [0.1, 0.15) is 0 Å². The first-order chi connectivity index (χ1) is 9.81. The molecule has 0 aromatic rings. The lowest BCUT2D eigenvalue weighted by atomic mass is 10.1. The topological polar surface area (TPSA) is 40.5 Å². The largest absolute Gasteiger partial charge is 0.396 e. The van der Waals surface area contributed by atoms with Gasteiger partial charge in [-0.15, -0.1) is 0 Å². The van der Waals surface area contributed by atoms with Gasteiger partial charge in [0.15, 0.2) is 0 Å². The highest BCUT2D eigenvalue weighted by Gasteiger charge is 2.01. The van der Waals surface area contributed by atoms with Crippen molar-refractivity contribution >= 4 is 0 Å². The summed E-state index contributed by atoms with van der Waals surface area (Å²) in [5.74, 6) is 0. The predicted molar refractivity (Wildman–Crippen MR) is 87.9 cm³/mol. The number of aliphatic hydroxyl groups excluding tert-OH is 2. The maximum absolute atomic E-state index is 9.46. The third-order valence-electron chi connectivity index (χ3n) is 3.76. The van der Waals surface area contributed by atoms with Gasteiger partial charge in [-0.25, -0.2) is 0 Å². The molecule has 0 rings (SSSR count). The zero-order valence-corrected chi connectivity index (χ0v) is 13.5. The van der Waals surface area contributed by atoms with Gasteiger partial charge in [0.05, 0.1) is 6.10 Å². The van der Waals surface area contributed by atoms with Crippen LogP contribution in [0.2, 0.25) is 0 Å². The molecule has 0 fully saturated rings. The molecule has 0 bridgehead atoms. The molecular formula is C18H36O2. The molecule has 120 valence electrons. The first kappa shape index (κ1) is 19.7. The van der Waals surface area contributed by atoms with Gasteiger partial charge < -0.3 is 10.2 Å². The van der Waals surface area contributed by atoms with Crippen molar-refractivity contribution in [3.05, 3.63) is 12.2 Å². The Morgan fingerprint density at radius 2 is 1.30 bits per heavy atom. The Bertz CT molecular complexity index is 202. The van der Waals surface area contributed by atoms with E-state index in [2.05, 4.69) is 19.1 Å². The van der Waals surface area contributed by atoms with Crippen LogP contribution in [0.4, 0.5) is 0 Å². The van der Waals surface area contributed by atoms with Crippen molar-refractivity contribution in [2.24, 2.45) is 0 Å². The molecule has 0 aliphatic carbocycles. The smallest absolute Gasteiger partial charge is 0.0562 e. The van der Waals surface area contributed by atoms with Crippen molar-refractivity contribution in [3.8, 4) is 0 Å². The van der Waals surface area contributed by atoms with Gasteiger partial charge in [0, 0.05) is 6.61 Å². The monoisotopic (exact) mass is 284 g/mol. The Hall–Kier alpha value is -0.340. The van der Waals surface area contributed by atoms with Crippen LogP contribution in [0.1, 0.15) is 90.4 Å². The van der Waals surface area contributed by atoms with Gasteiger partial charge in [0.25, 0.3) is 0 Å². The summed E-state index contributed by atoms with van der Waals surface area (Å²) in [6.07, 6.45) is 19.8.